The molecule has 152 valence electrons. The Morgan fingerprint density at radius 3 is 2.65 bits per heavy atom. The van der Waals surface area contributed by atoms with E-state index < -0.39 is 0 Å². The summed E-state index contributed by atoms with van der Waals surface area (Å²) >= 11 is 0. The van der Waals surface area contributed by atoms with E-state index in [4.69, 9.17) is 10.00 Å². The SMILES string of the molecule is N#Cc1cccc(COc2cccc(NC(=O)c3ccc(Cn4cncn4)cc3)c2)c1. The minimum absolute atomic E-state index is 0.203. The topological polar surface area (TPSA) is 92.8 Å². The predicted molar refractivity (Wildman–Crippen MR) is 115 cm³/mol. The van der Waals surface area contributed by atoms with Crippen LogP contribution in [0.3, 0.4) is 0 Å². The molecule has 4 rings (SSSR count). The number of rotatable bonds is 7. The maximum absolute atomic E-state index is 12.6. The van der Waals surface area contributed by atoms with Gasteiger partial charge in [-0.05, 0) is 47.5 Å². The molecule has 0 aliphatic heterocycles. The van der Waals surface area contributed by atoms with E-state index in [2.05, 4.69) is 21.5 Å². The number of carbonyl (C=O) groups excluding carboxylic acids is 1. The summed E-state index contributed by atoms with van der Waals surface area (Å²) in [5.41, 5.74) is 3.72. The Morgan fingerprint density at radius 1 is 1.03 bits per heavy atom. The van der Waals surface area contributed by atoms with Crippen LogP contribution in [0.15, 0.2) is 85.5 Å². The number of benzene rings is 3. The Hall–Kier alpha value is -4.44. The first kappa shape index (κ1) is 19.9. The number of nitrogens with one attached hydrogen (secondary N) is 1. The molecule has 0 atom stereocenters. The third kappa shape index (κ3) is 5.34. The quantitative estimate of drug-likeness (QED) is 0.497. The zero-order valence-corrected chi connectivity index (χ0v) is 16.6. The van der Waals surface area contributed by atoms with Gasteiger partial charge in [-0.3, -0.25) is 4.79 Å². The van der Waals surface area contributed by atoms with Gasteiger partial charge in [0.05, 0.1) is 18.2 Å². The maximum Gasteiger partial charge on any atom is 0.255 e. The molecule has 0 radical (unpaired) electrons. The number of aromatic nitrogens is 3. The van der Waals surface area contributed by atoms with Crippen LogP contribution in [0, 0.1) is 11.3 Å². The van der Waals surface area contributed by atoms with Crippen LogP contribution in [-0.2, 0) is 13.2 Å². The van der Waals surface area contributed by atoms with Gasteiger partial charge in [-0.25, -0.2) is 9.67 Å². The average molecular weight is 409 g/mol. The van der Waals surface area contributed by atoms with Gasteiger partial charge in [-0.1, -0.05) is 30.3 Å². The van der Waals surface area contributed by atoms with E-state index >= 15 is 0 Å². The number of anilines is 1. The first-order valence-corrected chi connectivity index (χ1v) is 9.64. The van der Waals surface area contributed by atoms with E-state index in [-0.39, 0.29) is 5.91 Å². The van der Waals surface area contributed by atoms with Crippen LogP contribution < -0.4 is 10.1 Å². The molecule has 0 saturated heterocycles. The van der Waals surface area contributed by atoms with E-state index in [1.807, 2.05) is 36.4 Å². The van der Waals surface area contributed by atoms with Crippen LogP contribution in [0.25, 0.3) is 0 Å². The van der Waals surface area contributed by atoms with Crippen LogP contribution in [-0.4, -0.2) is 20.7 Å². The molecule has 1 amide bonds. The normalized spacial score (nSPS) is 10.3. The van der Waals surface area contributed by atoms with Crippen LogP contribution in [0.1, 0.15) is 27.0 Å². The maximum atomic E-state index is 12.6. The van der Waals surface area contributed by atoms with Gasteiger partial charge >= 0.3 is 0 Å². The van der Waals surface area contributed by atoms with Crippen molar-refractivity contribution in [3.63, 3.8) is 0 Å². The number of ether oxygens (including phenoxy) is 1. The summed E-state index contributed by atoms with van der Waals surface area (Å²) < 4.78 is 7.53. The summed E-state index contributed by atoms with van der Waals surface area (Å²) in [6.07, 6.45) is 3.14. The minimum atomic E-state index is -0.203. The lowest BCUT2D eigenvalue weighted by atomic mass is 10.1. The fraction of sp³-hybridized carbons (Fsp3) is 0.0833. The van der Waals surface area contributed by atoms with Crippen molar-refractivity contribution in [1.29, 1.82) is 5.26 Å². The Kier molecular flexibility index (Phi) is 6.00. The predicted octanol–water partition coefficient (Wildman–Crippen LogP) is 4.03. The number of nitrogens with zero attached hydrogens (tertiary/aromatic N) is 4. The highest BCUT2D eigenvalue weighted by Crippen LogP contribution is 2.20. The molecule has 7 heteroatoms. The van der Waals surface area contributed by atoms with Gasteiger partial charge in [0.2, 0.25) is 0 Å². The van der Waals surface area contributed by atoms with Gasteiger partial charge in [-0.2, -0.15) is 10.4 Å². The largest absolute Gasteiger partial charge is 0.489 e. The highest BCUT2D eigenvalue weighted by molar-refractivity contribution is 6.04. The van der Waals surface area contributed by atoms with Gasteiger partial charge < -0.3 is 10.1 Å². The Morgan fingerprint density at radius 2 is 1.87 bits per heavy atom. The molecule has 1 heterocycles. The molecular formula is C24H19N5O2. The molecule has 1 N–H and O–H groups in total. The second kappa shape index (κ2) is 9.37. The summed E-state index contributed by atoms with van der Waals surface area (Å²) in [5, 5.41) is 16.0. The van der Waals surface area contributed by atoms with Crippen LogP contribution in [0.2, 0.25) is 0 Å². The number of carbonyl (C=O) groups is 1. The first-order chi connectivity index (χ1) is 15.2. The molecule has 0 unspecified atom stereocenters. The van der Waals surface area contributed by atoms with E-state index in [1.165, 1.54) is 6.33 Å². The summed E-state index contributed by atoms with van der Waals surface area (Å²) in [6.45, 7) is 0.929. The van der Waals surface area contributed by atoms with Gasteiger partial charge in [0.15, 0.2) is 0 Å². The van der Waals surface area contributed by atoms with Crippen LogP contribution >= 0.6 is 0 Å². The van der Waals surface area contributed by atoms with E-state index in [1.54, 1.807) is 47.4 Å². The van der Waals surface area contributed by atoms with Crippen molar-refractivity contribution >= 4 is 11.6 Å². The summed E-state index contributed by atoms with van der Waals surface area (Å²) in [4.78, 5) is 16.5. The smallest absolute Gasteiger partial charge is 0.255 e. The van der Waals surface area contributed by atoms with Crippen molar-refractivity contribution < 1.29 is 9.53 Å². The van der Waals surface area contributed by atoms with E-state index in [0.29, 0.717) is 35.7 Å². The number of nitriles is 1. The van der Waals surface area contributed by atoms with Gasteiger partial charge in [0.25, 0.3) is 5.91 Å². The standard InChI is InChI=1S/C24H19N5O2/c25-13-19-3-1-4-20(11-19)15-31-23-6-2-5-22(12-23)28-24(30)21-9-7-18(8-10-21)14-29-17-26-16-27-29/h1-12,16-17H,14-15H2,(H,28,30). The molecule has 31 heavy (non-hydrogen) atoms. The fourth-order valence-corrected chi connectivity index (χ4v) is 3.03. The second-order valence-electron chi connectivity index (χ2n) is 6.87. The lowest BCUT2D eigenvalue weighted by molar-refractivity contribution is 0.102. The summed E-state index contributed by atoms with van der Waals surface area (Å²) in [6, 6.07) is 23.9. The third-order valence-corrected chi connectivity index (χ3v) is 4.58. The van der Waals surface area contributed by atoms with Crippen molar-refractivity contribution in [3.05, 3.63) is 108 Å². The second-order valence-corrected chi connectivity index (χ2v) is 6.87. The minimum Gasteiger partial charge on any atom is -0.489 e. The zero-order valence-electron chi connectivity index (χ0n) is 16.6. The molecule has 0 aliphatic carbocycles. The molecule has 7 nitrogen and oxygen atoms in total. The van der Waals surface area contributed by atoms with Crippen LogP contribution in [0.5, 0.6) is 5.75 Å². The zero-order chi connectivity index (χ0) is 21.5. The van der Waals surface area contributed by atoms with E-state index in [0.717, 1.165) is 11.1 Å². The van der Waals surface area contributed by atoms with Gasteiger partial charge in [0, 0.05) is 17.3 Å². The van der Waals surface area contributed by atoms with Gasteiger partial charge in [0.1, 0.15) is 25.0 Å². The molecule has 0 bridgehead atoms. The van der Waals surface area contributed by atoms with Crippen molar-refractivity contribution in [2.45, 2.75) is 13.2 Å². The molecule has 3 aromatic carbocycles. The van der Waals surface area contributed by atoms with Crippen molar-refractivity contribution in [2.75, 3.05) is 5.32 Å². The van der Waals surface area contributed by atoms with Crippen molar-refractivity contribution in [3.8, 4) is 11.8 Å². The lowest BCUT2D eigenvalue weighted by Crippen LogP contribution is -2.12. The Labute approximate surface area is 179 Å². The highest BCUT2D eigenvalue weighted by atomic mass is 16.5. The molecule has 1 aromatic heterocycles. The van der Waals surface area contributed by atoms with E-state index in [9.17, 15) is 4.79 Å². The summed E-state index contributed by atoms with van der Waals surface area (Å²) in [7, 11) is 0. The molecule has 0 fully saturated rings. The summed E-state index contributed by atoms with van der Waals surface area (Å²) in [5.74, 6) is 0.425. The average Bonchev–Trinajstić information content (AvgIpc) is 3.31. The molecule has 0 saturated carbocycles. The molecule has 0 spiro atoms. The third-order valence-electron chi connectivity index (χ3n) is 4.58. The molecular weight excluding hydrogens is 390 g/mol. The number of hydrogen-bond acceptors (Lipinski definition) is 5. The first-order valence-electron chi connectivity index (χ1n) is 9.64. The lowest BCUT2D eigenvalue weighted by Gasteiger charge is -2.10. The van der Waals surface area contributed by atoms with Crippen molar-refractivity contribution in [2.24, 2.45) is 0 Å². The number of amides is 1. The monoisotopic (exact) mass is 409 g/mol. The highest BCUT2D eigenvalue weighted by Gasteiger charge is 2.07. The Bertz CT molecular complexity index is 1210. The van der Waals surface area contributed by atoms with Crippen molar-refractivity contribution in [1.82, 2.24) is 14.8 Å². The van der Waals surface area contributed by atoms with Gasteiger partial charge in [-0.15, -0.1) is 0 Å². The molecule has 4 aromatic rings. The molecule has 0 aliphatic rings. The fourth-order valence-electron chi connectivity index (χ4n) is 3.03. The van der Waals surface area contributed by atoms with Crippen LogP contribution in [0.4, 0.5) is 5.69 Å². The number of hydrogen-bond donors (Lipinski definition) is 1. The Balaban J connectivity index is 1.36.